The van der Waals surface area contributed by atoms with Crippen LogP contribution in [-0.4, -0.2) is 6.61 Å². The van der Waals surface area contributed by atoms with E-state index in [0.29, 0.717) is 12.5 Å². The molecule has 0 radical (unpaired) electrons. The lowest BCUT2D eigenvalue weighted by Gasteiger charge is -2.28. The molecular weight excluding hydrogens is 184 g/mol. The summed E-state index contributed by atoms with van der Waals surface area (Å²) in [5, 5.41) is 0. The molecular formula is C14H18O. The lowest BCUT2D eigenvalue weighted by molar-refractivity contribution is -0.00581. The smallest absolute Gasteiger partial charge is 0.0970 e. The number of ether oxygens (including phenoxy) is 1. The van der Waals surface area contributed by atoms with E-state index in [-0.39, 0.29) is 5.60 Å². The number of hydrogen-bond acceptors (Lipinski definition) is 1. The van der Waals surface area contributed by atoms with Gasteiger partial charge in [0, 0.05) is 5.92 Å². The van der Waals surface area contributed by atoms with Gasteiger partial charge in [-0.15, -0.1) is 0 Å². The molecule has 1 aromatic rings. The van der Waals surface area contributed by atoms with Gasteiger partial charge in [-0.05, 0) is 25.0 Å². The minimum absolute atomic E-state index is 0.190. The molecule has 2 rings (SSSR count). The Morgan fingerprint density at radius 3 is 2.40 bits per heavy atom. The standard InChI is InChI=1S/C14H18O/c1-10-5-7-13(8-6-10)14(4)12(3)11(2)9-15-14/h5-8,12H,2,9H2,1,3-4H3. The summed E-state index contributed by atoms with van der Waals surface area (Å²) < 4.78 is 5.89. The van der Waals surface area contributed by atoms with E-state index in [9.17, 15) is 0 Å². The second-order valence-corrected chi connectivity index (χ2v) is 4.64. The highest BCUT2D eigenvalue weighted by atomic mass is 16.5. The van der Waals surface area contributed by atoms with Crippen molar-refractivity contribution in [2.24, 2.45) is 5.92 Å². The lowest BCUT2D eigenvalue weighted by Crippen LogP contribution is -2.27. The average Bonchev–Trinajstić information content (AvgIpc) is 2.48. The molecule has 1 nitrogen and oxygen atoms in total. The van der Waals surface area contributed by atoms with Gasteiger partial charge in [0.15, 0.2) is 0 Å². The first-order valence-electron chi connectivity index (χ1n) is 5.43. The molecule has 0 spiro atoms. The van der Waals surface area contributed by atoms with Crippen molar-refractivity contribution in [2.45, 2.75) is 26.4 Å². The van der Waals surface area contributed by atoms with Gasteiger partial charge in [0.25, 0.3) is 0 Å². The maximum Gasteiger partial charge on any atom is 0.0970 e. The zero-order valence-electron chi connectivity index (χ0n) is 9.71. The average molecular weight is 202 g/mol. The van der Waals surface area contributed by atoms with E-state index in [1.807, 2.05) is 0 Å². The van der Waals surface area contributed by atoms with Crippen LogP contribution in [0.3, 0.4) is 0 Å². The van der Waals surface area contributed by atoms with Crippen LogP contribution in [0.15, 0.2) is 36.4 Å². The molecule has 0 N–H and O–H groups in total. The monoisotopic (exact) mass is 202 g/mol. The predicted molar refractivity (Wildman–Crippen MR) is 62.8 cm³/mol. The number of hydrogen-bond donors (Lipinski definition) is 0. The molecule has 2 atom stereocenters. The summed E-state index contributed by atoms with van der Waals surface area (Å²) in [6, 6.07) is 8.59. The molecule has 1 aliphatic rings. The van der Waals surface area contributed by atoms with Crippen LogP contribution in [-0.2, 0) is 10.3 Å². The fourth-order valence-corrected chi connectivity index (χ4v) is 2.10. The Labute approximate surface area is 91.8 Å². The molecule has 0 amide bonds. The van der Waals surface area contributed by atoms with Crippen molar-refractivity contribution >= 4 is 0 Å². The van der Waals surface area contributed by atoms with E-state index in [1.165, 1.54) is 16.7 Å². The normalized spacial score (nSPS) is 30.9. The molecule has 1 fully saturated rings. The second-order valence-electron chi connectivity index (χ2n) is 4.64. The molecule has 0 aliphatic carbocycles. The summed E-state index contributed by atoms with van der Waals surface area (Å²) in [5.74, 6) is 0.389. The van der Waals surface area contributed by atoms with Gasteiger partial charge < -0.3 is 4.74 Å². The van der Waals surface area contributed by atoms with Crippen molar-refractivity contribution in [1.82, 2.24) is 0 Å². The molecule has 15 heavy (non-hydrogen) atoms. The Morgan fingerprint density at radius 1 is 1.33 bits per heavy atom. The fourth-order valence-electron chi connectivity index (χ4n) is 2.10. The molecule has 1 heterocycles. The van der Waals surface area contributed by atoms with Crippen LogP contribution in [0.2, 0.25) is 0 Å². The van der Waals surface area contributed by atoms with Crippen LogP contribution in [0.5, 0.6) is 0 Å². The van der Waals surface area contributed by atoms with Gasteiger partial charge in [0.05, 0.1) is 12.2 Å². The van der Waals surface area contributed by atoms with Gasteiger partial charge in [-0.2, -0.15) is 0 Å². The summed E-state index contributed by atoms with van der Waals surface area (Å²) in [6.07, 6.45) is 0. The van der Waals surface area contributed by atoms with Crippen LogP contribution in [0.4, 0.5) is 0 Å². The quantitative estimate of drug-likeness (QED) is 0.634. The fraction of sp³-hybridized carbons (Fsp3) is 0.429. The molecule has 0 saturated carbocycles. The Kier molecular flexibility index (Phi) is 2.43. The van der Waals surface area contributed by atoms with Crippen molar-refractivity contribution in [3.8, 4) is 0 Å². The highest BCUT2D eigenvalue weighted by Gasteiger charge is 2.40. The van der Waals surface area contributed by atoms with Crippen LogP contribution < -0.4 is 0 Å². The first-order valence-corrected chi connectivity index (χ1v) is 5.43. The lowest BCUT2D eigenvalue weighted by atomic mass is 9.82. The van der Waals surface area contributed by atoms with Gasteiger partial charge in [-0.1, -0.05) is 43.3 Å². The van der Waals surface area contributed by atoms with Gasteiger partial charge in [-0.3, -0.25) is 0 Å². The summed E-state index contributed by atoms with van der Waals surface area (Å²) in [7, 11) is 0. The molecule has 0 bridgehead atoms. The number of aryl methyl sites for hydroxylation is 1. The van der Waals surface area contributed by atoms with Crippen LogP contribution >= 0.6 is 0 Å². The van der Waals surface area contributed by atoms with Gasteiger partial charge in [-0.25, -0.2) is 0 Å². The molecule has 1 saturated heterocycles. The summed E-state index contributed by atoms with van der Waals surface area (Å²) in [5.41, 5.74) is 3.54. The Bertz CT molecular complexity index is 377. The topological polar surface area (TPSA) is 9.23 Å². The third-order valence-corrected chi connectivity index (χ3v) is 3.62. The first kappa shape index (κ1) is 10.4. The van der Waals surface area contributed by atoms with Crippen molar-refractivity contribution in [2.75, 3.05) is 6.61 Å². The Hall–Kier alpha value is -1.08. The summed E-state index contributed by atoms with van der Waals surface area (Å²) in [4.78, 5) is 0. The van der Waals surface area contributed by atoms with Crippen LogP contribution in [0.1, 0.15) is 25.0 Å². The van der Waals surface area contributed by atoms with E-state index in [1.54, 1.807) is 0 Å². The van der Waals surface area contributed by atoms with Crippen LogP contribution in [0.25, 0.3) is 0 Å². The SMILES string of the molecule is C=C1COC(C)(c2ccc(C)cc2)C1C. The number of benzene rings is 1. The number of rotatable bonds is 1. The van der Waals surface area contributed by atoms with E-state index < -0.39 is 0 Å². The Balaban J connectivity index is 2.38. The molecule has 1 aromatic carbocycles. The molecule has 1 aliphatic heterocycles. The minimum Gasteiger partial charge on any atom is -0.366 e. The van der Waals surface area contributed by atoms with Crippen molar-refractivity contribution in [1.29, 1.82) is 0 Å². The van der Waals surface area contributed by atoms with E-state index >= 15 is 0 Å². The van der Waals surface area contributed by atoms with Gasteiger partial charge in [0.2, 0.25) is 0 Å². The molecule has 1 heteroatoms. The minimum atomic E-state index is -0.190. The third kappa shape index (κ3) is 1.61. The third-order valence-electron chi connectivity index (χ3n) is 3.62. The van der Waals surface area contributed by atoms with Gasteiger partial charge >= 0.3 is 0 Å². The van der Waals surface area contributed by atoms with Crippen molar-refractivity contribution < 1.29 is 4.74 Å². The largest absolute Gasteiger partial charge is 0.366 e. The molecule has 80 valence electrons. The predicted octanol–water partition coefficient (Wildman–Crippen LogP) is 3.43. The Morgan fingerprint density at radius 2 is 1.93 bits per heavy atom. The summed E-state index contributed by atoms with van der Waals surface area (Å²) >= 11 is 0. The van der Waals surface area contributed by atoms with E-state index in [4.69, 9.17) is 4.74 Å². The maximum absolute atomic E-state index is 5.89. The highest BCUT2D eigenvalue weighted by Crippen LogP contribution is 2.42. The highest BCUT2D eigenvalue weighted by molar-refractivity contribution is 5.31. The van der Waals surface area contributed by atoms with Crippen molar-refractivity contribution in [3.63, 3.8) is 0 Å². The first-order chi connectivity index (χ1) is 7.04. The zero-order chi connectivity index (χ0) is 11.1. The summed E-state index contributed by atoms with van der Waals surface area (Å²) in [6.45, 7) is 11.2. The van der Waals surface area contributed by atoms with Gasteiger partial charge in [0.1, 0.15) is 0 Å². The second kappa shape index (κ2) is 3.49. The van der Waals surface area contributed by atoms with E-state index in [2.05, 4.69) is 51.6 Å². The molecule has 2 unspecified atom stereocenters. The zero-order valence-corrected chi connectivity index (χ0v) is 9.71. The van der Waals surface area contributed by atoms with Crippen molar-refractivity contribution in [3.05, 3.63) is 47.5 Å². The molecule has 0 aromatic heterocycles. The van der Waals surface area contributed by atoms with E-state index in [0.717, 1.165) is 0 Å². The van der Waals surface area contributed by atoms with Crippen LogP contribution in [0, 0.1) is 12.8 Å². The maximum atomic E-state index is 5.89.